The maximum atomic E-state index is 13.9. The summed E-state index contributed by atoms with van der Waals surface area (Å²) < 4.78 is 82.7. The van der Waals surface area contributed by atoms with E-state index in [-0.39, 0.29) is 24.3 Å². The third-order valence-electron chi connectivity index (χ3n) is 4.40. The number of anilines is 1. The number of halogens is 5. The Balaban J connectivity index is 1.70. The van der Waals surface area contributed by atoms with Gasteiger partial charge in [-0.3, -0.25) is 10.2 Å². The number of carbonyl (C=O) groups is 1. The molecule has 0 saturated heterocycles. The minimum absolute atomic E-state index is 0.0284. The Labute approximate surface area is 200 Å². The Bertz CT molecular complexity index is 1220. The molecule has 0 radical (unpaired) electrons. The summed E-state index contributed by atoms with van der Waals surface area (Å²) in [6, 6.07) is 4.61. The normalized spacial score (nSPS) is 11.1. The number of benzene rings is 2. The van der Waals surface area contributed by atoms with Gasteiger partial charge in [0.25, 0.3) is 0 Å². The zero-order valence-corrected chi connectivity index (χ0v) is 19.2. The summed E-state index contributed by atoms with van der Waals surface area (Å²) in [5.41, 5.74) is 3.97. The van der Waals surface area contributed by atoms with Gasteiger partial charge in [0.05, 0.1) is 32.0 Å². The number of hydrogen-bond donors (Lipinski definition) is 1. The number of methoxy groups -OCH3 is 1. The van der Waals surface area contributed by atoms with Gasteiger partial charge in [-0.05, 0) is 30.7 Å². The minimum atomic E-state index is -2.27. The lowest BCUT2D eigenvalue weighted by Crippen LogP contribution is -2.08. The van der Waals surface area contributed by atoms with E-state index >= 15 is 0 Å². The van der Waals surface area contributed by atoms with Crippen molar-refractivity contribution in [2.75, 3.05) is 19.1 Å². The zero-order chi connectivity index (χ0) is 25.5. The number of hydrazone groups is 1. The summed E-state index contributed by atoms with van der Waals surface area (Å²) in [7, 11) is 1.34. The van der Waals surface area contributed by atoms with Crippen molar-refractivity contribution in [2.45, 2.75) is 20.0 Å². The standard InChI is InChI=1S/C22H18F5N3O4S/c1-3-33-15(31)7-13-10-35-22(29-13)30-28-8-11-4-5-14(32-2)12(6-11)9-34-21-19(26)17(24)16(23)18(25)20(21)27/h4-6,8,10H,3,7,9H2,1-2H3,(H,29,30). The summed E-state index contributed by atoms with van der Waals surface area (Å²) in [6.07, 6.45) is 1.42. The molecule has 3 aromatic rings. The van der Waals surface area contributed by atoms with Gasteiger partial charge in [0, 0.05) is 10.9 Å². The van der Waals surface area contributed by atoms with Crippen LogP contribution in [0, 0.1) is 29.1 Å². The molecule has 1 aromatic heterocycles. The van der Waals surface area contributed by atoms with Crippen LogP contribution >= 0.6 is 11.3 Å². The average molecular weight is 515 g/mol. The second kappa shape index (κ2) is 11.6. The highest BCUT2D eigenvalue weighted by molar-refractivity contribution is 7.13. The molecule has 0 unspecified atom stereocenters. The number of ether oxygens (including phenoxy) is 3. The molecule has 35 heavy (non-hydrogen) atoms. The summed E-state index contributed by atoms with van der Waals surface area (Å²) in [6.45, 7) is 1.42. The van der Waals surface area contributed by atoms with Crippen molar-refractivity contribution in [1.29, 1.82) is 0 Å². The molecule has 0 amide bonds. The van der Waals surface area contributed by atoms with E-state index in [1.54, 1.807) is 18.4 Å². The number of rotatable bonds is 10. The van der Waals surface area contributed by atoms with Crippen LogP contribution in [0.1, 0.15) is 23.7 Å². The fourth-order valence-corrected chi connectivity index (χ4v) is 3.47. The SMILES string of the molecule is CCOC(=O)Cc1csc(NN=Cc2ccc(OC)c(COc3c(F)c(F)c(F)c(F)c3F)c2)n1. The third-order valence-corrected chi connectivity index (χ3v) is 5.20. The van der Waals surface area contributed by atoms with Gasteiger partial charge in [-0.2, -0.15) is 13.9 Å². The van der Waals surface area contributed by atoms with Gasteiger partial charge in [0.2, 0.25) is 34.2 Å². The maximum Gasteiger partial charge on any atom is 0.311 e. The van der Waals surface area contributed by atoms with Crippen molar-refractivity contribution < 1.29 is 41.0 Å². The molecule has 0 spiro atoms. The van der Waals surface area contributed by atoms with Crippen molar-refractivity contribution in [3.05, 3.63) is 69.5 Å². The molecule has 186 valence electrons. The van der Waals surface area contributed by atoms with Crippen LogP contribution in [0.2, 0.25) is 0 Å². The first-order valence-electron chi connectivity index (χ1n) is 9.95. The van der Waals surface area contributed by atoms with E-state index in [0.29, 0.717) is 16.4 Å². The highest BCUT2D eigenvalue weighted by Crippen LogP contribution is 2.30. The molecule has 0 atom stereocenters. The third kappa shape index (κ3) is 6.23. The summed E-state index contributed by atoms with van der Waals surface area (Å²) in [5, 5.41) is 6.13. The maximum absolute atomic E-state index is 13.9. The Morgan fingerprint density at radius 1 is 1.11 bits per heavy atom. The summed E-state index contributed by atoms with van der Waals surface area (Å²) in [4.78, 5) is 15.7. The largest absolute Gasteiger partial charge is 0.496 e. The zero-order valence-electron chi connectivity index (χ0n) is 18.3. The van der Waals surface area contributed by atoms with Gasteiger partial charge in [-0.25, -0.2) is 18.2 Å². The Hall–Kier alpha value is -3.74. The topological polar surface area (TPSA) is 82.0 Å². The average Bonchev–Trinajstić information content (AvgIpc) is 3.28. The van der Waals surface area contributed by atoms with Crippen molar-refractivity contribution >= 4 is 28.7 Å². The number of aromatic nitrogens is 1. The van der Waals surface area contributed by atoms with Gasteiger partial charge < -0.3 is 14.2 Å². The van der Waals surface area contributed by atoms with E-state index in [1.165, 1.54) is 36.8 Å². The summed E-state index contributed by atoms with van der Waals surface area (Å²) >= 11 is 1.22. The van der Waals surface area contributed by atoms with E-state index in [9.17, 15) is 26.7 Å². The number of esters is 1. The van der Waals surface area contributed by atoms with Crippen LogP contribution in [0.4, 0.5) is 27.1 Å². The highest BCUT2D eigenvalue weighted by Gasteiger charge is 2.27. The van der Waals surface area contributed by atoms with E-state index in [2.05, 4.69) is 15.5 Å². The van der Waals surface area contributed by atoms with E-state index in [0.717, 1.165) is 0 Å². The first-order valence-corrected chi connectivity index (χ1v) is 10.8. The molecule has 0 fully saturated rings. The lowest BCUT2D eigenvalue weighted by molar-refractivity contribution is -0.142. The van der Waals surface area contributed by atoms with Crippen molar-refractivity contribution in [2.24, 2.45) is 5.10 Å². The second-order valence-corrected chi connectivity index (χ2v) is 7.61. The summed E-state index contributed by atoms with van der Waals surface area (Å²) in [5.74, 6) is -12.2. The van der Waals surface area contributed by atoms with Crippen LogP contribution < -0.4 is 14.9 Å². The number of nitrogens with zero attached hydrogens (tertiary/aromatic N) is 2. The van der Waals surface area contributed by atoms with E-state index in [1.807, 2.05) is 0 Å². The van der Waals surface area contributed by atoms with Gasteiger partial charge in [0.1, 0.15) is 12.4 Å². The highest BCUT2D eigenvalue weighted by atomic mass is 32.1. The van der Waals surface area contributed by atoms with Crippen LogP contribution in [0.25, 0.3) is 0 Å². The van der Waals surface area contributed by atoms with Crippen LogP contribution in [0.5, 0.6) is 11.5 Å². The molecule has 3 rings (SSSR count). The van der Waals surface area contributed by atoms with Crippen molar-refractivity contribution in [1.82, 2.24) is 4.98 Å². The molecule has 1 N–H and O–H groups in total. The van der Waals surface area contributed by atoms with Crippen LogP contribution in [-0.4, -0.2) is 30.9 Å². The molecule has 13 heteroatoms. The molecule has 0 aliphatic heterocycles. The monoisotopic (exact) mass is 515 g/mol. The predicted molar refractivity (Wildman–Crippen MR) is 117 cm³/mol. The molecular formula is C22H18F5N3O4S. The fraction of sp³-hybridized carbons (Fsp3) is 0.227. The minimum Gasteiger partial charge on any atom is -0.496 e. The Kier molecular flexibility index (Phi) is 8.58. The van der Waals surface area contributed by atoms with Crippen molar-refractivity contribution in [3.63, 3.8) is 0 Å². The van der Waals surface area contributed by atoms with Crippen LogP contribution in [0.15, 0.2) is 28.7 Å². The van der Waals surface area contributed by atoms with Gasteiger partial charge in [-0.15, -0.1) is 11.3 Å². The Morgan fingerprint density at radius 2 is 1.80 bits per heavy atom. The molecule has 0 saturated carbocycles. The lowest BCUT2D eigenvalue weighted by atomic mass is 10.1. The van der Waals surface area contributed by atoms with Crippen molar-refractivity contribution in [3.8, 4) is 11.5 Å². The molecule has 7 nitrogen and oxygen atoms in total. The molecular weight excluding hydrogens is 497 g/mol. The molecule has 2 aromatic carbocycles. The first-order chi connectivity index (χ1) is 16.7. The van der Waals surface area contributed by atoms with Crippen LogP contribution in [-0.2, 0) is 22.6 Å². The number of carbonyl (C=O) groups excluding carboxylic acids is 1. The van der Waals surface area contributed by atoms with Gasteiger partial charge in [-0.1, -0.05) is 0 Å². The molecule has 0 bridgehead atoms. The van der Waals surface area contributed by atoms with E-state index in [4.69, 9.17) is 14.2 Å². The Morgan fingerprint density at radius 3 is 2.46 bits per heavy atom. The predicted octanol–water partition coefficient (Wildman–Crippen LogP) is 4.98. The van der Waals surface area contributed by atoms with Gasteiger partial charge >= 0.3 is 5.97 Å². The quantitative estimate of drug-likeness (QED) is 0.102. The first kappa shape index (κ1) is 25.9. The second-order valence-electron chi connectivity index (χ2n) is 6.75. The molecule has 1 heterocycles. The van der Waals surface area contributed by atoms with E-state index < -0.39 is 47.4 Å². The van der Waals surface area contributed by atoms with Crippen LogP contribution in [0.3, 0.4) is 0 Å². The number of hydrogen-bond acceptors (Lipinski definition) is 8. The number of nitrogens with one attached hydrogen (secondary N) is 1. The number of thiazole rings is 1. The molecule has 0 aliphatic rings. The lowest BCUT2D eigenvalue weighted by Gasteiger charge is -2.13. The fourth-order valence-electron chi connectivity index (χ4n) is 2.81. The smallest absolute Gasteiger partial charge is 0.311 e. The molecule has 0 aliphatic carbocycles. The van der Waals surface area contributed by atoms with Gasteiger partial charge in [0.15, 0.2) is 5.75 Å².